The van der Waals surface area contributed by atoms with E-state index in [1.807, 2.05) is 51.1 Å². The summed E-state index contributed by atoms with van der Waals surface area (Å²) >= 11 is 8.77. The molecule has 2 aliphatic carbocycles. The van der Waals surface area contributed by atoms with E-state index in [4.69, 9.17) is 35.5 Å². The van der Waals surface area contributed by atoms with Crippen LogP contribution in [-0.4, -0.2) is 82.9 Å². The van der Waals surface area contributed by atoms with Gasteiger partial charge in [-0.05, 0) is 61.8 Å². The van der Waals surface area contributed by atoms with Crippen molar-refractivity contribution in [2.24, 2.45) is 22.7 Å². The Hall–Kier alpha value is -4.71. The van der Waals surface area contributed by atoms with Crippen LogP contribution in [0.3, 0.4) is 0 Å². The normalized spacial score (nSPS) is 22.2. The molecule has 0 unspecified atom stereocenters. The number of aryl methyl sites for hydroxylation is 1. The van der Waals surface area contributed by atoms with Gasteiger partial charge in [0.15, 0.2) is 11.6 Å². The second-order valence-electron chi connectivity index (χ2n) is 16.9. The van der Waals surface area contributed by atoms with Crippen molar-refractivity contribution in [3.05, 3.63) is 69.0 Å². The molecule has 3 aliphatic rings. The number of likely N-dealkylation sites (tertiary alicyclic amines) is 1. The Bertz CT molecular complexity index is 2680. The molecule has 8 rings (SSSR count). The van der Waals surface area contributed by atoms with Crippen LogP contribution < -0.4 is 9.46 Å². The van der Waals surface area contributed by atoms with E-state index in [1.54, 1.807) is 19.1 Å². The minimum Gasteiger partial charge on any atom is -0.470 e. The standard InChI is InChI=1S/C42H44ClN5O9S3/c1-7-22-18-42(22,40(52)47-60(53,54)24-12-13-24)19-28(49)27-16-23(20-48(27)38(50)26(41(3,4)5)17-32-44-21(2)35(59-32)39(51)55-6)56-37-34-33(25-10-8-9-11-29(25)57-34)45-36(46-37)30-14-15-31(43)58-30/h7-11,14-15,22-24,26-27H,1,12-13,16-20H2,2-6H3,(H,47,52)/t22-,23-,26-,27+,42-/m1/s1. The van der Waals surface area contributed by atoms with E-state index >= 15 is 4.79 Å². The maximum Gasteiger partial charge on any atom is 0.349 e. The lowest BCUT2D eigenvalue weighted by Gasteiger charge is -2.35. The number of rotatable bonds is 14. The van der Waals surface area contributed by atoms with E-state index in [0.29, 0.717) is 60.1 Å². The van der Waals surface area contributed by atoms with Crippen LogP contribution in [0.5, 0.6) is 5.88 Å². The van der Waals surface area contributed by atoms with Gasteiger partial charge in [0.2, 0.25) is 27.4 Å². The molecule has 5 atom stereocenters. The summed E-state index contributed by atoms with van der Waals surface area (Å²) in [6, 6.07) is 9.93. The van der Waals surface area contributed by atoms with Gasteiger partial charge >= 0.3 is 5.97 Å². The number of thiazole rings is 1. The van der Waals surface area contributed by atoms with Crippen molar-refractivity contribution in [3.63, 3.8) is 0 Å². The number of hydrogen-bond donors (Lipinski definition) is 1. The van der Waals surface area contributed by atoms with Crippen molar-refractivity contribution < 1.29 is 41.5 Å². The van der Waals surface area contributed by atoms with E-state index in [1.165, 1.54) is 23.3 Å². The SMILES string of the molecule is C=C[C@@H]1C[C@]1(CC(=O)[C@@H]1C[C@@H](Oc2nc(-c3ccc(Cl)s3)nc3c2oc2ccccc23)CN1C(=O)[C@@H](Cc1nc(C)c(C(=O)OC)s1)C(C)(C)C)C(=O)NS(=O)(=O)C1CC1. The molecule has 2 amide bonds. The number of carbonyl (C=O) groups excluding carboxylic acids is 4. The maximum atomic E-state index is 15.0. The van der Waals surface area contributed by atoms with Crippen LogP contribution in [0.2, 0.25) is 4.34 Å². The van der Waals surface area contributed by atoms with Crippen LogP contribution >= 0.6 is 34.3 Å². The Morgan fingerprint density at radius 2 is 1.87 bits per heavy atom. The number of nitrogens with zero attached hydrogens (tertiary/aromatic N) is 4. The molecule has 18 heteroatoms. The van der Waals surface area contributed by atoms with Crippen molar-refractivity contribution in [1.82, 2.24) is 24.6 Å². The molecule has 2 saturated carbocycles. The van der Waals surface area contributed by atoms with E-state index < -0.39 is 67.7 Å². The van der Waals surface area contributed by atoms with Crippen LogP contribution in [0.4, 0.5) is 0 Å². The average Bonchev–Trinajstić information content (AvgIpc) is 3.97. The number of aromatic nitrogens is 3. The predicted octanol–water partition coefficient (Wildman–Crippen LogP) is 7.32. The summed E-state index contributed by atoms with van der Waals surface area (Å²) in [4.78, 5) is 72.7. The highest BCUT2D eigenvalue weighted by Gasteiger charge is 2.61. The largest absolute Gasteiger partial charge is 0.470 e. The number of nitrogens with one attached hydrogen (secondary N) is 1. The maximum absolute atomic E-state index is 15.0. The number of hydrogen-bond acceptors (Lipinski definition) is 14. The van der Waals surface area contributed by atoms with Gasteiger partial charge in [-0.15, -0.1) is 29.3 Å². The number of halogens is 1. The van der Waals surface area contributed by atoms with Crippen molar-refractivity contribution in [2.45, 2.75) is 83.6 Å². The number of sulfonamides is 1. The van der Waals surface area contributed by atoms with Crippen molar-refractivity contribution in [1.29, 1.82) is 0 Å². The van der Waals surface area contributed by atoms with Crippen LogP contribution in [-0.2, 0) is 35.6 Å². The molecule has 1 aliphatic heterocycles. The molecule has 1 saturated heterocycles. The Morgan fingerprint density at radius 3 is 2.52 bits per heavy atom. The first-order valence-corrected chi connectivity index (χ1v) is 23.2. The van der Waals surface area contributed by atoms with Gasteiger partial charge in [0.05, 0.1) is 50.3 Å². The molecular formula is C42H44ClN5O9S3. The van der Waals surface area contributed by atoms with Gasteiger partial charge in [0, 0.05) is 30.6 Å². The predicted molar refractivity (Wildman–Crippen MR) is 227 cm³/mol. The third kappa shape index (κ3) is 7.96. The minimum absolute atomic E-state index is 0.0157. The Balaban J connectivity index is 1.15. The average molecular weight is 894 g/mol. The number of esters is 1. The summed E-state index contributed by atoms with van der Waals surface area (Å²) in [6.45, 7) is 11.3. The van der Waals surface area contributed by atoms with Crippen LogP contribution in [0.1, 0.15) is 73.2 Å². The zero-order valence-electron chi connectivity index (χ0n) is 33.7. The summed E-state index contributed by atoms with van der Waals surface area (Å²) < 4.78 is 46.4. The summed E-state index contributed by atoms with van der Waals surface area (Å²) in [5.74, 6) is -2.66. The molecule has 0 bridgehead atoms. The smallest absolute Gasteiger partial charge is 0.349 e. The molecule has 316 valence electrons. The van der Waals surface area contributed by atoms with Gasteiger partial charge in [-0.3, -0.25) is 19.1 Å². The number of carbonyl (C=O) groups is 4. The number of para-hydroxylation sites is 1. The highest BCUT2D eigenvalue weighted by molar-refractivity contribution is 7.90. The first kappa shape index (κ1) is 42.0. The Morgan fingerprint density at radius 1 is 1.12 bits per heavy atom. The molecular weight excluding hydrogens is 850 g/mol. The van der Waals surface area contributed by atoms with Gasteiger partial charge < -0.3 is 18.8 Å². The van der Waals surface area contributed by atoms with E-state index in [2.05, 4.69) is 16.3 Å². The van der Waals surface area contributed by atoms with Crippen molar-refractivity contribution in [2.75, 3.05) is 13.7 Å². The molecule has 5 aromatic rings. The van der Waals surface area contributed by atoms with Gasteiger partial charge in [0.1, 0.15) is 22.1 Å². The number of Topliss-reactive ketones (excluding diaryl/α,β-unsaturated/α-hetero) is 1. The number of fused-ring (bicyclic) bond motifs is 3. The number of ketones is 1. The number of ether oxygens (including phenoxy) is 2. The summed E-state index contributed by atoms with van der Waals surface area (Å²) in [5.41, 5.74) is -0.0959. The van der Waals surface area contributed by atoms with E-state index in [-0.39, 0.29) is 44.0 Å². The highest BCUT2D eigenvalue weighted by atomic mass is 35.5. The number of thiophene rings is 1. The second-order valence-corrected chi connectivity index (χ2v) is 21.6. The van der Waals surface area contributed by atoms with Crippen LogP contribution in [0.15, 0.2) is 53.5 Å². The van der Waals surface area contributed by atoms with Crippen molar-refractivity contribution >= 4 is 89.9 Å². The summed E-state index contributed by atoms with van der Waals surface area (Å²) in [7, 11) is -2.60. The zero-order valence-corrected chi connectivity index (χ0v) is 36.9. The quantitative estimate of drug-likeness (QED) is 0.0866. The third-order valence-corrected chi connectivity index (χ3v) is 15.9. The lowest BCUT2D eigenvalue weighted by molar-refractivity contribution is -0.144. The first-order valence-electron chi connectivity index (χ1n) is 19.6. The molecule has 1 aromatic carbocycles. The summed E-state index contributed by atoms with van der Waals surface area (Å²) in [6.07, 6.45) is 1.89. The van der Waals surface area contributed by atoms with Gasteiger partial charge in [-0.2, -0.15) is 4.98 Å². The summed E-state index contributed by atoms with van der Waals surface area (Å²) in [5, 5.41) is 0.673. The molecule has 1 N–H and O–H groups in total. The third-order valence-electron chi connectivity index (χ3n) is 11.7. The molecule has 0 spiro atoms. The van der Waals surface area contributed by atoms with Crippen molar-refractivity contribution in [3.8, 4) is 16.6 Å². The highest BCUT2D eigenvalue weighted by Crippen LogP contribution is 2.57. The molecule has 3 fully saturated rings. The lowest BCUT2D eigenvalue weighted by atomic mass is 9.77. The van der Waals surface area contributed by atoms with E-state index in [9.17, 15) is 22.8 Å². The number of amides is 2. The topological polar surface area (TPSA) is 188 Å². The Kier molecular flexibility index (Phi) is 10.9. The lowest BCUT2D eigenvalue weighted by Crippen LogP contribution is -2.48. The molecule has 5 heterocycles. The number of methoxy groups -OCH3 is 1. The molecule has 60 heavy (non-hydrogen) atoms. The zero-order chi connectivity index (χ0) is 42.9. The number of allylic oxidation sites excluding steroid dienone is 1. The molecule has 4 aromatic heterocycles. The fourth-order valence-electron chi connectivity index (χ4n) is 8.05. The fraction of sp³-hybridized carbons (Fsp3) is 0.452. The number of furan rings is 1. The van der Waals surface area contributed by atoms with Gasteiger partial charge in [0.25, 0.3) is 5.88 Å². The van der Waals surface area contributed by atoms with Gasteiger partial charge in [-0.1, -0.05) is 50.6 Å². The Labute approximate surface area is 359 Å². The van der Waals surface area contributed by atoms with Gasteiger partial charge in [-0.25, -0.2) is 23.2 Å². The first-order chi connectivity index (χ1) is 28.4. The van der Waals surface area contributed by atoms with E-state index in [0.717, 1.165) is 16.7 Å². The molecule has 14 nitrogen and oxygen atoms in total. The number of benzene rings is 1. The monoisotopic (exact) mass is 893 g/mol. The fourth-order valence-corrected chi connectivity index (χ4v) is 11.4. The van der Waals surface area contributed by atoms with Crippen LogP contribution in [0, 0.1) is 29.6 Å². The van der Waals surface area contributed by atoms with Crippen LogP contribution in [0.25, 0.3) is 32.8 Å². The second kappa shape index (κ2) is 15.6. The molecule has 0 radical (unpaired) electrons. The minimum atomic E-state index is -3.89.